The third-order valence-corrected chi connectivity index (χ3v) is 5.30. The number of Topliss-reactive ketones (excluding diaryl/α,β-unsaturated/α-hetero) is 1. The number of rotatable bonds is 5. The summed E-state index contributed by atoms with van der Waals surface area (Å²) in [6.45, 7) is 1.73. The summed E-state index contributed by atoms with van der Waals surface area (Å²) in [5, 5.41) is 0.523. The Morgan fingerprint density at radius 3 is 2.41 bits per heavy atom. The highest BCUT2D eigenvalue weighted by Crippen LogP contribution is 2.40. The molecular weight excluding hydrogens is 432 g/mol. The number of esters is 1. The lowest BCUT2D eigenvalue weighted by Crippen LogP contribution is -2.09. The Morgan fingerprint density at radius 2 is 1.72 bits per heavy atom. The molecule has 0 N–H and O–H groups in total. The van der Waals surface area contributed by atoms with Crippen molar-refractivity contribution in [1.82, 2.24) is 0 Å². The molecule has 0 aromatic heterocycles. The normalized spacial score (nSPS) is 13.5. The molecule has 32 heavy (non-hydrogen) atoms. The van der Waals surface area contributed by atoms with Crippen LogP contribution in [0.2, 0.25) is 5.02 Å². The molecule has 1 aliphatic heterocycles. The number of carbonyl (C=O) groups is 2. The van der Waals surface area contributed by atoms with Crippen LogP contribution in [0.5, 0.6) is 23.0 Å². The largest absolute Gasteiger partial charge is 0.497 e. The van der Waals surface area contributed by atoms with Crippen molar-refractivity contribution in [1.29, 1.82) is 0 Å². The Balaban J connectivity index is 1.62. The van der Waals surface area contributed by atoms with Gasteiger partial charge >= 0.3 is 5.97 Å². The van der Waals surface area contributed by atoms with Gasteiger partial charge in [-0.2, -0.15) is 0 Å². The number of ketones is 1. The molecule has 0 spiro atoms. The fraction of sp³-hybridized carbons (Fsp3) is 0.120. The van der Waals surface area contributed by atoms with E-state index in [-0.39, 0.29) is 11.5 Å². The van der Waals surface area contributed by atoms with E-state index < -0.39 is 5.97 Å². The molecule has 1 aliphatic rings. The molecule has 0 aliphatic carbocycles. The summed E-state index contributed by atoms with van der Waals surface area (Å²) >= 11 is 5.87. The number of ether oxygens (including phenoxy) is 4. The maximum absolute atomic E-state index is 12.9. The number of fused-ring (bicyclic) bond motifs is 1. The molecule has 162 valence electrons. The predicted molar refractivity (Wildman–Crippen MR) is 120 cm³/mol. The lowest BCUT2D eigenvalue weighted by atomic mass is 10.1. The Hall–Kier alpha value is -3.77. The Bertz CT molecular complexity index is 1240. The van der Waals surface area contributed by atoms with E-state index >= 15 is 0 Å². The zero-order valence-corrected chi connectivity index (χ0v) is 18.4. The van der Waals surface area contributed by atoms with Crippen molar-refractivity contribution in [2.24, 2.45) is 0 Å². The van der Waals surface area contributed by atoms with Gasteiger partial charge in [0, 0.05) is 22.2 Å². The standard InChI is InChI=1S/C25H19ClO6/c1-14-20(32-25(28)15-4-7-17(26)8-5-15)11-10-19-23(27)22(31-24(14)19)12-16-6-9-18(29-2)13-21(16)30-3/h4-13H,1-3H3/b22-12-. The predicted octanol–water partition coefficient (Wildman–Crippen LogP) is 5.50. The molecule has 0 saturated carbocycles. The Morgan fingerprint density at radius 1 is 0.969 bits per heavy atom. The second-order valence-electron chi connectivity index (χ2n) is 7.01. The average molecular weight is 451 g/mol. The smallest absolute Gasteiger partial charge is 0.343 e. The maximum atomic E-state index is 12.9. The van der Waals surface area contributed by atoms with Crippen LogP contribution in [0, 0.1) is 6.92 Å². The number of carbonyl (C=O) groups excluding carboxylic acids is 2. The summed E-state index contributed by atoms with van der Waals surface area (Å²) in [5.41, 5.74) is 1.96. The van der Waals surface area contributed by atoms with Gasteiger partial charge in [-0.1, -0.05) is 11.6 Å². The number of benzene rings is 3. The van der Waals surface area contributed by atoms with Crippen molar-refractivity contribution in [2.75, 3.05) is 14.2 Å². The molecule has 1 heterocycles. The molecule has 0 amide bonds. The van der Waals surface area contributed by atoms with E-state index in [1.807, 2.05) is 0 Å². The first-order valence-corrected chi connectivity index (χ1v) is 10.1. The topological polar surface area (TPSA) is 71.1 Å². The third-order valence-electron chi connectivity index (χ3n) is 5.05. The average Bonchev–Trinajstić information content (AvgIpc) is 3.12. The van der Waals surface area contributed by atoms with Gasteiger partial charge in [-0.25, -0.2) is 4.79 Å². The van der Waals surface area contributed by atoms with Crippen LogP contribution in [0.4, 0.5) is 0 Å². The first-order valence-electron chi connectivity index (χ1n) is 9.69. The molecule has 0 saturated heterocycles. The highest BCUT2D eigenvalue weighted by molar-refractivity contribution is 6.30. The van der Waals surface area contributed by atoms with Crippen LogP contribution in [0.25, 0.3) is 6.08 Å². The van der Waals surface area contributed by atoms with Gasteiger partial charge in [0.2, 0.25) is 5.78 Å². The minimum absolute atomic E-state index is 0.146. The van der Waals surface area contributed by atoms with Crippen molar-refractivity contribution >= 4 is 29.4 Å². The van der Waals surface area contributed by atoms with Crippen molar-refractivity contribution in [3.63, 3.8) is 0 Å². The summed E-state index contributed by atoms with van der Waals surface area (Å²) in [4.78, 5) is 25.3. The van der Waals surface area contributed by atoms with Crippen molar-refractivity contribution in [2.45, 2.75) is 6.92 Å². The zero-order chi connectivity index (χ0) is 22.8. The number of methoxy groups -OCH3 is 2. The van der Waals surface area contributed by atoms with Crippen LogP contribution in [-0.4, -0.2) is 26.0 Å². The van der Waals surface area contributed by atoms with Gasteiger partial charge < -0.3 is 18.9 Å². The SMILES string of the molecule is COc1ccc(/C=C2\Oc3c(ccc(OC(=O)c4ccc(Cl)cc4)c3C)C2=O)c(OC)c1. The van der Waals surface area contributed by atoms with Gasteiger partial charge in [0.15, 0.2) is 5.76 Å². The van der Waals surface area contributed by atoms with Crippen molar-refractivity contribution < 1.29 is 28.5 Å². The summed E-state index contributed by atoms with van der Waals surface area (Å²) in [7, 11) is 3.10. The van der Waals surface area contributed by atoms with E-state index in [1.165, 1.54) is 7.11 Å². The van der Waals surface area contributed by atoms with Crippen molar-refractivity contribution in [3.05, 3.63) is 87.6 Å². The maximum Gasteiger partial charge on any atom is 0.343 e. The zero-order valence-electron chi connectivity index (χ0n) is 17.6. The van der Waals surface area contributed by atoms with Gasteiger partial charge in [0.05, 0.1) is 25.3 Å². The van der Waals surface area contributed by atoms with Crippen LogP contribution in [0.1, 0.15) is 31.8 Å². The first-order chi connectivity index (χ1) is 15.4. The number of hydrogen-bond donors (Lipinski definition) is 0. The quantitative estimate of drug-likeness (QED) is 0.290. The highest BCUT2D eigenvalue weighted by atomic mass is 35.5. The van der Waals surface area contributed by atoms with Crippen LogP contribution >= 0.6 is 11.6 Å². The summed E-state index contributed by atoms with van der Waals surface area (Å²) in [5.74, 6) is 1.18. The van der Waals surface area contributed by atoms with E-state index in [9.17, 15) is 9.59 Å². The molecule has 7 heteroatoms. The first kappa shape index (κ1) is 21.5. The molecule has 3 aromatic carbocycles. The molecule has 0 atom stereocenters. The highest BCUT2D eigenvalue weighted by Gasteiger charge is 2.31. The third kappa shape index (κ3) is 4.05. The van der Waals surface area contributed by atoms with Crippen LogP contribution in [-0.2, 0) is 0 Å². The van der Waals surface area contributed by atoms with Gasteiger partial charge in [-0.3, -0.25) is 4.79 Å². The molecule has 0 unspecified atom stereocenters. The van der Waals surface area contributed by atoms with Crippen LogP contribution in [0.15, 0.2) is 60.4 Å². The molecular formula is C25H19ClO6. The van der Waals surface area contributed by atoms with E-state index in [0.29, 0.717) is 50.3 Å². The Labute approximate surface area is 189 Å². The van der Waals surface area contributed by atoms with Crippen molar-refractivity contribution in [3.8, 4) is 23.0 Å². The number of allylic oxidation sites excluding steroid dienone is 1. The second kappa shape index (κ2) is 8.77. The van der Waals surface area contributed by atoms with Gasteiger partial charge in [0.1, 0.15) is 23.0 Å². The number of hydrogen-bond acceptors (Lipinski definition) is 6. The fourth-order valence-electron chi connectivity index (χ4n) is 3.30. The summed E-state index contributed by atoms with van der Waals surface area (Å²) in [6.07, 6.45) is 1.61. The van der Waals surface area contributed by atoms with E-state index in [2.05, 4.69) is 0 Å². The van der Waals surface area contributed by atoms with Crippen LogP contribution < -0.4 is 18.9 Å². The Kier molecular flexibility index (Phi) is 5.88. The van der Waals surface area contributed by atoms with Gasteiger partial charge in [0.25, 0.3) is 0 Å². The second-order valence-corrected chi connectivity index (χ2v) is 7.45. The number of halogens is 1. The van der Waals surface area contributed by atoms with Gasteiger partial charge in [-0.15, -0.1) is 0 Å². The summed E-state index contributed by atoms with van der Waals surface area (Å²) < 4.78 is 22.0. The molecule has 3 aromatic rings. The minimum atomic E-state index is -0.534. The molecule has 6 nitrogen and oxygen atoms in total. The van der Waals surface area contributed by atoms with E-state index in [1.54, 1.807) is 74.7 Å². The van der Waals surface area contributed by atoms with Crippen LogP contribution in [0.3, 0.4) is 0 Å². The molecule has 0 bridgehead atoms. The van der Waals surface area contributed by atoms with Gasteiger partial charge in [-0.05, 0) is 61.5 Å². The summed E-state index contributed by atoms with van der Waals surface area (Å²) in [6, 6.07) is 14.8. The monoisotopic (exact) mass is 450 g/mol. The molecule has 0 fully saturated rings. The lowest BCUT2D eigenvalue weighted by molar-refractivity contribution is 0.0733. The molecule has 4 rings (SSSR count). The lowest BCUT2D eigenvalue weighted by Gasteiger charge is -2.10. The molecule has 0 radical (unpaired) electrons. The fourth-order valence-corrected chi connectivity index (χ4v) is 3.43. The minimum Gasteiger partial charge on any atom is -0.497 e. The van der Waals surface area contributed by atoms with E-state index in [0.717, 1.165) is 0 Å². The van der Waals surface area contributed by atoms with E-state index in [4.69, 9.17) is 30.5 Å².